The van der Waals surface area contributed by atoms with Crippen molar-refractivity contribution in [3.05, 3.63) is 68.6 Å². The average Bonchev–Trinajstić information content (AvgIpc) is 3.35. The maximum Gasteiger partial charge on any atom is 0.137 e. The van der Waals surface area contributed by atoms with Gasteiger partial charge in [0.15, 0.2) is 0 Å². The Kier molecular flexibility index (Phi) is 9.81. The maximum atomic E-state index is 11.8. The smallest absolute Gasteiger partial charge is 0.137 e. The van der Waals surface area contributed by atoms with Gasteiger partial charge in [-0.3, -0.25) is 14.4 Å². The van der Waals surface area contributed by atoms with Gasteiger partial charge in [-0.05, 0) is 75.1 Å². The molecule has 182 valence electrons. The zero-order valence-electron chi connectivity index (χ0n) is 19.7. The third-order valence-corrected chi connectivity index (χ3v) is 8.69. The van der Waals surface area contributed by atoms with Crippen LogP contribution in [0, 0.1) is 23.7 Å². The summed E-state index contributed by atoms with van der Waals surface area (Å²) in [6, 6.07) is 16.0. The first-order valence-electron chi connectivity index (χ1n) is 11.8. The summed E-state index contributed by atoms with van der Waals surface area (Å²) >= 11 is 7.01. The standard InChI is InChI=1S/C14H17BrO2.C14H15BrO2/c2*1-9(16)11-7-12(14(17)8-11)6-10-4-2-3-5-13(10)15/h2-5,11-12,14,17H,6-8H2,1H3;2-5,11-12H,6-8H2,1H3/t11-,12-,14?;11-,12-/m00/s1. The molecule has 0 aromatic heterocycles. The Labute approximate surface area is 218 Å². The third kappa shape index (κ3) is 7.19. The lowest BCUT2D eigenvalue weighted by Gasteiger charge is -2.15. The molecule has 2 aromatic carbocycles. The first kappa shape index (κ1) is 27.0. The van der Waals surface area contributed by atoms with Crippen molar-refractivity contribution in [1.29, 1.82) is 0 Å². The van der Waals surface area contributed by atoms with Crippen LogP contribution in [0.5, 0.6) is 0 Å². The van der Waals surface area contributed by atoms with Crippen LogP contribution in [-0.2, 0) is 27.2 Å². The number of hydrogen-bond acceptors (Lipinski definition) is 4. The van der Waals surface area contributed by atoms with Crippen molar-refractivity contribution in [3.8, 4) is 0 Å². The van der Waals surface area contributed by atoms with Crippen molar-refractivity contribution in [2.45, 2.75) is 58.5 Å². The third-order valence-electron chi connectivity index (χ3n) is 7.14. The van der Waals surface area contributed by atoms with Crippen molar-refractivity contribution in [2.24, 2.45) is 23.7 Å². The lowest BCUT2D eigenvalue weighted by Crippen LogP contribution is -2.15. The van der Waals surface area contributed by atoms with Gasteiger partial charge in [-0.1, -0.05) is 68.3 Å². The lowest BCUT2D eigenvalue weighted by molar-refractivity contribution is -0.124. The van der Waals surface area contributed by atoms with Crippen LogP contribution in [0.4, 0.5) is 0 Å². The highest BCUT2D eigenvalue weighted by Crippen LogP contribution is 2.35. The predicted octanol–water partition coefficient (Wildman–Crippen LogP) is 6.14. The first-order valence-corrected chi connectivity index (χ1v) is 13.4. The van der Waals surface area contributed by atoms with Crippen molar-refractivity contribution < 1.29 is 19.5 Å². The van der Waals surface area contributed by atoms with Gasteiger partial charge in [0, 0.05) is 33.1 Å². The number of halogens is 2. The minimum Gasteiger partial charge on any atom is -0.393 e. The van der Waals surface area contributed by atoms with Crippen LogP contribution in [0.1, 0.15) is 50.7 Å². The quantitative estimate of drug-likeness (QED) is 0.438. The van der Waals surface area contributed by atoms with Crippen LogP contribution in [-0.4, -0.2) is 28.6 Å². The second kappa shape index (κ2) is 12.4. The van der Waals surface area contributed by atoms with Crippen molar-refractivity contribution >= 4 is 49.2 Å². The molecule has 0 spiro atoms. The van der Waals surface area contributed by atoms with Crippen LogP contribution in [0.3, 0.4) is 0 Å². The minimum absolute atomic E-state index is 0.0163. The minimum atomic E-state index is -0.337. The van der Waals surface area contributed by atoms with Crippen LogP contribution < -0.4 is 0 Å². The monoisotopic (exact) mass is 590 g/mol. The molecule has 0 bridgehead atoms. The van der Waals surface area contributed by atoms with Gasteiger partial charge in [0.1, 0.15) is 17.3 Å². The molecule has 2 aliphatic carbocycles. The van der Waals surface area contributed by atoms with E-state index in [1.807, 2.05) is 42.5 Å². The highest BCUT2D eigenvalue weighted by atomic mass is 79.9. The summed E-state index contributed by atoms with van der Waals surface area (Å²) in [6.45, 7) is 3.21. The van der Waals surface area contributed by atoms with Gasteiger partial charge in [0.25, 0.3) is 0 Å². The Morgan fingerprint density at radius 1 is 0.824 bits per heavy atom. The normalized spacial score (nSPS) is 26.1. The summed E-state index contributed by atoms with van der Waals surface area (Å²) in [5.41, 5.74) is 2.36. The molecule has 2 fully saturated rings. The van der Waals surface area contributed by atoms with E-state index in [4.69, 9.17) is 0 Å². The van der Waals surface area contributed by atoms with Crippen molar-refractivity contribution in [2.75, 3.05) is 0 Å². The molecule has 2 saturated carbocycles. The van der Waals surface area contributed by atoms with E-state index in [0.29, 0.717) is 12.8 Å². The molecule has 4 nitrogen and oxygen atoms in total. The van der Waals surface area contributed by atoms with E-state index in [2.05, 4.69) is 37.9 Å². The van der Waals surface area contributed by atoms with Gasteiger partial charge in [-0.2, -0.15) is 0 Å². The fourth-order valence-corrected chi connectivity index (χ4v) is 5.90. The first-order chi connectivity index (χ1) is 16.2. The topological polar surface area (TPSA) is 71.4 Å². The number of aliphatic hydroxyl groups excluding tert-OH is 1. The molecule has 5 atom stereocenters. The molecule has 1 unspecified atom stereocenters. The van der Waals surface area contributed by atoms with Gasteiger partial charge in [-0.15, -0.1) is 0 Å². The number of Topliss-reactive ketones (excluding diaryl/α,β-unsaturated/α-hetero) is 3. The SMILES string of the molecule is CC(=O)[C@@H]1CC(=O)[C@@H](Cc2ccccc2Br)C1.CC(=O)[C@@H]1CC(O)[C@@H](Cc2ccccc2Br)C1. The molecule has 4 rings (SSSR count). The van der Waals surface area contributed by atoms with E-state index >= 15 is 0 Å². The van der Waals surface area contributed by atoms with E-state index < -0.39 is 0 Å². The largest absolute Gasteiger partial charge is 0.393 e. The second-order valence-corrected chi connectivity index (χ2v) is 11.3. The molecule has 0 heterocycles. The van der Waals surface area contributed by atoms with Crippen molar-refractivity contribution in [1.82, 2.24) is 0 Å². The molecule has 0 aliphatic heterocycles. The van der Waals surface area contributed by atoms with Gasteiger partial charge in [0.2, 0.25) is 0 Å². The zero-order valence-corrected chi connectivity index (χ0v) is 22.8. The number of carbonyl (C=O) groups excluding carboxylic acids is 3. The highest BCUT2D eigenvalue weighted by Gasteiger charge is 2.36. The number of rotatable bonds is 6. The molecule has 6 heteroatoms. The number of aliphatic hydroxyl groups is 1. The number of carbonyl (C=O) groups is 3. The van der Waals surface area contributed by atoms with E-state index in [9.17, 15) is 19.5 Å². The molecular formula is C28H32Br2O4. The highest BCUT2D eigenvalue weighted by molar-refractivity contribution is 9.10. The molecule has 0 radical (unpaired) electrons. The van der Waals surface area contributed by atoms with Gasteiger partial charge >= 0.3 is 0 Å². The fourth-order valence-electron chi connectivity index (χ4n) is 5.00. The summed E-state index contributed by atoms with van der Waals surface area (Å²) in [4.78, 5) is 34.5. The molecule has 2 aromatic rings. The molecule has 0 saturated heterocycles. The Morgan fingerprint density at radius 3 is 1.82 bits per heavy atom. The fraction of sp³-hybridized carbons (Fsp3) is 0.464. The molecule has 2 aliphatic rings. The van der Waals surface area contributed by atoms with E-state index in [0.717, 1.165) is 40.2 Å². The van der Waals surface area contributed by atoms with Crippen LogP contribution in [0.15, 0.2) is 57.5 Å². The molecule has 34 heavy (non-hydrogen) atoms. The van der Waals surface area contributed by atoms with E-state index in [1.165, 1.54) is 5.56 Å². The van der Waals surface area contributed by atoms with Crippen molar-refractivity contribution in [3.63, 3.8) is 0 Å². The Morgan fingerprint density at radius 2 is 1.35 bits per heavy atom. The van der Waals surface area contributed by atoms with E-state index in [-0.39, 0.29) is 47.1 Å². The molecule has 1 N–H and O–H groups in total. The van der Waals surface area contributed by atoms with Gasteiger partial charge in [-0.25, -0.2) is 0 Å². The summed E-state index contributed by atoms with van der Waals surface area (Å²) in [5.74, 6) is 0.824. The second-order valence-electron chi connectivity index (χ2n) is 9.61. The summed E-state index contributed by atoms with van der Waals surface area (Å²) in [6.07, 6.45) is 3.84. The maximum absolute atomic E-state index is 11.8. The number of benzene rings is 2. The van der Waals surface area contributed by atoms with Crippen LogP contribution >= 0.6 is 31.9 Å². The Hall–Kier alpha value is -1.63. The van der Waals surface area contributed by atoms with Crippen LogP contribution in [0.25, 0.3) is 0 Å². The summed E-state index contributed by atoms with van der Waals surface area (Å²) < 4.78 is 2.12. The summed E-state index contributed by atoms with van der Waals surface area (Å²) in [5, 5.41) is 9.99. The van der Waals surface area contributed by atoms with Crippen LogP contribution in [0.2, 0.25) is 0 Å². The lowest BCUT2D eigenvalue weighted by atomic mass is 9.95. The Balaban J connectivity index is 0.000000191. The van der Waals surface area contributed by atoms with E-state index in [1.54, 1.807) is 13.8 Å². The predicted molar refractivity (Wildman–Crippen MR) is 140 cm³/mol. The zero-order chi connectivity index (χ0) is 24.8. The van der Waals surface area contributed by atoms with Gasteiger partial charge in [0.05, 0.1) is 6.10 Å². The molecule has 0 amide bonds. The Bertz CT molecular complexity index is 1030. The van der Waals surface area contributed by atoms with Gasteiger partial charge < -0.3 is 5.11 Å². The summed E-state index contributed by atoms with van der Waals surface area (Å²) in [7, 11) is 0. The molecular weight excluding hydrogens is 560 g/mol. The average molecular weight is 592 g/mol. The number of hydrogen-bond donors (Lipinski definition) is 1. The number of ketones is 3.